The third kappa shape index (κ3) is 3.62. The number of aromatic nitrogens is 4. The summed E-state index contributed by atoms with van der Waals surface area (Å²) in [6, 6.07) is 5.45. The Morgan fingerprint density at radius 2 is 2.09 bits per heavy atom. The second-order valence-corrected chi connectivity index (χ2v) is 6.86. The van der Waals surface area contributed by atoms with Crippen LogP contribution in [0.5, 0.6) is 11.5 Å². The van der Waals surface area contributed by atoms with Crippen molar-refractivity contribution in [3.8, 4) is 22.9 Å². The molecule has 0 fully saturated rings. The Kier molecular flexibility index (Phi) is 4.77. The fourth-order valence-electron chi connectivity index (χ4n) is 1.87. The van der Waals surface area contributed by atoms with Gasteiger partial charge in [-0.25, -0.2) is 0 Å². The van der Waals surface area contributed by atoms with Crippen molar-refractivity contribution >= 4 is 23.1 Å². The van der Waals surface area contributed by atoms with E-state index in [-0.39, 0.29) is 0 Å². The predicted molar refractivity (Wildman–Crippen MR) is 87.0 cm³/mol. The van der Waals surface area contributed by atoms with Crippen LogP contribution in [0.3, 0.4) is 0 Å². The number of aryl methyl sites for hydroxylation is 1. The molecule has 0 unspecified atom stereocenters. The first-order valence-corrected chi connectivity index (χ1v) is 8.47. The Morgan fingerprint density at radius 3 is 2.78 bits per heavy atom. The number of benzene rings is 1. The van der Waals surface area contributed by atoms with Gasteiger partial charge in [-0.3, -0.25) is 0 Å². The van der Waals surface area contributed by atoms with E-state index in [2.05, 4.69) is 20.3 Å². The van der Waals surface area contributed by atoms with Crippen molar-refractivity contribution < 1.29 is 14.0 Å². The number of ether oxygens (including phenoxy) is 2. The third-order valence-electron chi connectivity index (χ3n) is 2.94. The number of hydrogen-bond donors (Lipinski definition) is 0. The maximum atomic E-state index is 5.36. The van der Waals surface area contributed by atoms with Gasteiger partial charge in [0.15, 0.2) is 4.34 Å². The lowest BCUT2D eigenvalue weighted by molar-refractivity contribution is 0.388. The van der Waals surface area contributed by atoms with Crippen molar-refractivity contribution in [1.82, 2.24) is 20.3 Å². The summed E-state index contributed by atoms with van der Waals surface area (Å²) in [6.07, 6.45) is 0. The van der Waals surface area contributed by atoms with Crippen LogP contribution in [0.15, 0.2) is 27.1 Å². The number of thioether (sulfide) groups is 1. The number of methoxy groups -OCH3 is 2. The van der Waals surface area contributed by atoms with Gasteiger partial charge in [0.1, 0.15) is 16.5 Å². The molecular formula is C14H14N4O3S2. The van der Waals surface area contributed by atoms with Crippen LogP contribution >= 0.6 is 23.1 Å². The van der Waals surface area contributed by atoms with Gasteiger partial charge < -0.3 is 14.0 Å². The summed E-state index contributed by atoms with van der Waals surface area (Å²) in [5.41, 5.74) is 0.750. The highest BCUT2D eigenvalue weighted by atomic mass is 32.2. The molecular weight excluding hydrogens is 336 g/mol. The minimum Gasteiger partial charge on any atom is -0.497 e. The van der Waals surface area contributed by atoms with Crippen molar-refractivity contribution in [1.29, 1.82) is 0 Å². The number of nitrogens with zero attached hydrogens (tertiary/aromatic N) is 4. The van der Waals surface area contributed by atoms with Crippen LogP contribution in [0.4, 0.5) is 0 Å². The monoisotopic (exact) mass is 350 g/mol. The molecule has 0 atom stereocenters. The lowest BCUT2D eigenvalue weighted by atomic mass is 10.2. The average Bonchev–Trinajstić information content (AvgIpc) is 3.21. The van der Waals surface area contributed by atoms with Crippen LogP contribution in [0, 0.1) is 6.92 Å². The third-order valence-corrected chi connectivity index (χ3v) is 4.90. The molecule has 0 N–H and O–H groups in total. The summed E-state index contributed by atoms with van der Waals surface area (Å²) >= 11 is 3.05. The van der Waals surface area contributed by atoms with E-state index >= 15 is 0 Å². The number of rotatable bonds is 6. The summed E-state index contributed by atoms with van der Waals surface area (Å²) in [6.45, 7) is 1.92. The topological polar surface area (TPSA) is 83.2 Å². The van der Waals surface area contributed by atoms with E-state index in [0.29, 0.717) is 29.0 Å². The van der Waals surface area contributed by atoms with Crippen molar-refractivity contribution in [2.45, 2.75) is 17.0 Å². The Hall–Kier alpha value is -2.13. The zero-order valence-electron chi connectivity index (χ0n) is 12.8. The van der Waals surface area contributed by atoms with Gasteiger partial charge in [0, 0.05) is 6.07 Å². The first-order valence-electron chi connectivity index (χ1n) is 6.67. The van der Waals surface area contributed by atoms with E-state index in [9.17, 15) is 0 Å². The standard InChI is InChI=1S/C14H14N4O3S2/c1-8-16-17-14(23-8)22-7-12-15-13(18-21-12)10-5-4-9(19-2)6-11(10)20-3/h4-6H,7H2,1-3H3. The molecule has 0 saturated carbocycles. The Labute approximate surface area is 141 Å². The van der Waals surface area contributed by atoms with Gasteiger partial charge in [0.05, 0.1) is 25.5 Å². The van der Waals surface area contributed by atoms with Gasteiger partial charge in [0.2, 0.25) is 11.7 Å². The molecule has 120 valence electrons. The zero-order chi connectivity index (χ0) is 16.2. The molecule has 9 heteroatoms. The summed E-state index contributed by atoms with van der Waals surface area (Å²) in [4.78, 5) is 4.40. The van der Waals surface area contributed by atoms with Gasteiger partial charge in [0.25, 0.3) is 0 Å². The van der Waals surface area contributed by atoms with E-state index in [4.69, 9.17) is 14.0 Å². The normalized spacial score (nSPS) is 10.7. The zero-order valence-corrected chi connectivity index (χ0v) is 14.4. The molecule has 0 spiro atoms. The van der Waals surface area contributed by atoms with E-state index < -0.39 is 0 Å². The highest BCUT2D eigenvalue weighted by molar-refractivity contribution is 8.00. The molecule has 0 aliphatic rings. The summed E-state index contributed by atoms with van der Waals surface area (Å²) in [5, 5.41) is 13.0. The van der Waals surface area contributed by atoms with Crippen LogP contribution in [-0.2, 0) is 5.75 Å². The summed E-state index contributed by atoms with van der Waals surface area (Å²) in [5.74, 6) is 2.88. The molecule has 0 radical (unpaired) electrons. The largest absolute Gasteiger partial charge is 0.497 e. The first kappa shape index (κ1) is 15.8. The van der Waals surface area contributed by atoms with Gasteiger partial charge in [-0.05, 0) is 19.1 Å². The van der Waals surface area contributed by atoms with Crippen molar-refractivity contribution in [3.05, 3.63) is 29.1 Å². The lowest BCUT2D eigenvalue weighted by Crippen LogP contribution is -1.91. The van der Waals surface area contributed by atoms with Crippen LogP contribution in [-0.4, -0.2) is 34.6 Å². The minimum atomic E-state index is 0.480. The van der Waals surface area contributed by atoms with E-state index in [0.717, 1.165) is 14.9 Å². The highest BCUT2D eigenvalue weighted by Crippen LogP contribution is 2.32. The minimum absolute atomic E-state index is 0.480. The molecule has 0 saturated heterocycles. The van der Waals surface area contributed by atoms with Crippen molar-refractivity contribution in [2.24, 2.45) is 0 Å². The molecule has 2 aromatic heterocycles. The average molecular weight is 350 g/mol. The lowest BCUT2D eigenvalue weighted by Gasteiger charge is -2.07. The van der Waals surface area contributed by atoms with Gasteiger partial charge >= 0.3 is 0 Å². The van der Waals surface area contributed by atoms with Gasteiger partial charge in [-0.15, -0.1) is 10.2 Å². The molecule has 0 aliphatic carbocycles. The molecule has 3 aromatic rings. The van der Waals surface area contributed by atoms with Gasteiger partial charge in [-0.1, -0.05) is 28.3 Å². The predicted octanol–water partition coefficient (Wildman–Crippen LogP) is 3.21. The Balaban J connectivity index is 1.76. The summed E-state index contributed by atoms with van der Waals surface area (Å²) < 4.78 is 16.7. The molecule has 0 amide bonds. The van der Waals surface area contributed by atoms with Crippen LogP contribution in [0.25, 0.3) is 11.4 Å². The molecule has 0 aliphatic heterocycles. The van der Waals surface area contributed by atoms with Crippen molar-refractivity contribution in [3.63, 3.8) is 0 Å². The molecule has 7 nitrogen and oxygen atoms in total. The highest BCUT2D eigenvalue weighted by Gasteiger charge is 2.15. The second-order valence-electron chi connectivity index (χ2n) is 4.45. The maximum absolute atomic E-state index is 5.36. The van der Waals surface area contributed by atoms with E-state index in [1.807, 2.05) is 19.1 Å². The maximum Gasteiger partial charge on any atom is 0.237 e. The quantitative estimate of drug-likeness (QED) is 0.627. The Morgan fingerprint density at radius 1 is 1.22 bits per heavy atom. The second kappa shape index (κ2) is 6.97. The number of hydrogen-bond acceptors (Lipinski definition) is 9. The Bertz CT molecular complexity index is 803. The smallest absolute Gasteiger partial charge is 0.237 e. The summed E-state index contributed by atoms with van der Waals surface area (Å²) in [7, 11) is 3.19. The van der Waals surface area contributed by atoms with Crippen molar-refractivity contribution in [2.75, 3.05) is 14.2 Å². The first-order chi connectivity index (χ1) is 11.2. The molecule has 23 heavy (non-hydrogen) atoms. The molecule has 3 rings (SSSR count). The van der Waals surface area contributed by atoms with E-state index in [1.165, 1.54) is 23.1 Å². The van der Waals surface area contributed by atoms with Gasteiger partial charge in [-0.2, -0.15) is 4.98 Å². The van der Waals surface area contributed by atoms with Crippen LogP contribution in [0.1, 0.15) is 10.9 Å². The fraction of sp³-hybridized carbons (Fsp3) is 0.286. The van der Waals surface area contributed by atoms with Crippen LogP contribution in [0.2, 0.25) is 0 Å². The fourth-order valence-corrected chi connectivity index (χ4v) is 3.52. The molecule has 1 aromatic carbocycles. The van der Waals surface area contributed by atoms with E-state index in [1.54, 1.807) is 20.3 Å². The SMILES string of the molecule is COc1ccc(-c2noc(CSc3nnc(C)s3)n2)c(OC)c1. The van der Waals surface area contributed by atoms with Crippen LogP contribution < -0.4 is 9.47 Å². The molecule has 2 heterocycles. The molecule has 0 bridgehead atoms.